The normalized spacial score (nSPS) is 11.2. The highest BCUT2D eigenvalue weighted by Gasteiger charge is 2.23. The highest BCUT2D eigenvalue weighted by atomic mass is 16.6. The van der Waals surface area contributed by atoms with Gasteiger partial charge in [0, 0.05) is 18.6 Å². The Morgan fingerprint density at radius 3 is 2.68 bits per heavy atom. The van der Waals surface area contributed by atoms with Crippen molar-refractivity contribution in [1.29, 1.82) is 5.26 Å². The van der Waals surface area contributed by atoms with Gasteiger partial charge in [-0.2, -0.15) is 10.4 Å². The summed E-state index contributed by atoms with van der Waals surface area (Å²) in [6, 6.07) is 8.36. The quantitative estimate of drug-likeness (QED) is 0.691. The first-order valence-electron chi connectivity index (χ1n) is 6.75. The van der Waals surface area contributed by atoms with E-state index in [1.807, 2.05) is 20.8 Å². The van der Waals surface area contributed by atoms with Crippen LogP contribution in [0.3, 0.4) is 0 Å². The van der Waals surface area contributed by atoms with Gasteiger partial charge in [-0.3, -0.25) is 10.1 Å². The summed E-state index contributed by atoms with van der Waals surface area (Å²) < 4.78 is 1.61. The van der Waals surface area contributed by atoms with Crippen molar-refractivity contribution in [2.75, 3.05) is 5.73 Å². The van der Waals surface area contributed by atoms with E-state index in [1.165, 1.54) is 12.1 Å². The predicted molar refractivity (Wildman–Crippen MR) is 82.3 cm³/mol. The minimum absolute atomic E-state index is 0.0132. The second-order valence-corrected chi connectivity index (χ2v) is 6.01. The van der Waals surface area contributed by atoms with Crippen molar-refractivity contribution in [1.82, 2.24) is 9.78 Å². The summed E-state index contributed by atoms with van der Waals surface area (Å²) in [6.45, 7) is 5.82. The van der Waals surface area contributed by atoms with Crippen LogP contribution in [0.2, 0.25) is 0 Å². The van der Waals surface area contributed by atoms with Gasteiger partial charge in [0.1, 0.15) is 17.5 Å². The Morgan fingerprint density at radius 2 is 2.14 bits per heavy atom. The summed E-state index contributed by atoms with van der Waals surface area (Å²) in [4.78, 5) is 10.4. The Hall–Kier alpha value is -2.88. The average Bonchev–Trinajstić information content (AvgIpc) is 2.75. The number of benzene rings is 1. The van der Waals surface area contributed by atoms with Crippen LogP contribution < -0.4 is 5.73 Å². The maximum Gasteiger partial charge on any atom is 0.269 e. The van der Waals surface area contributed by atoms with Crippen molar-refractivity contribution in [3.63, 3.8) is 0 Å². The predicted octanol–water partition coefficient (Wildman–Crippen LogP) is 2.59. The molecule has 114 valence electrons. The highest BCUT2D eigenvalue weighted by Crippen LogP contribution is 2.26. The fraction of sp³-hybridized carbons (Fsp3) is 0.333. The lowest BCUT2D eigenvalue weighted by Gasteiger charge is -2.20. The standard InChI is InChI=1S/C15H17N5O2/c1-15(2,3)19-14(17)12(9-16)13(18-19)8-10-5-4-6-11(7-10)20(21)22/h4-7H,8,17H2,1-3H3. The molecule has 1 aromatic carbocycles. The van der Waals surface area contributed by atoms with Gasteiger partial charge in [-0.05, 0) is 26.3 Å². The van der Waals surface area contributed by atoms with E-state index >= 15 is 0 Å². The summed E-state index contributed by atoms with van der Waals surface area (Å²) in [5, 5.41) is 24.6. The third kappa shape index (κ3) is 2.91. The number of nitro benzene ring substituents is 1. The molecule has 0 aliphatic carbocycles. The van der Waals surface area contributed by atoms with Crippen molar-refractivity contribution in [3.05, 3.63) is 51.2 Å². The molecule has 0 aliphatic heterocycles. The number of hydrogen-bond acceptors (Lipinski definition) is 5. The van der Waals surface area contributed by atoms with Gasteiger partial charge < -0.3 is 5.73 Å². The number of nitrogens with two attached hydrogens (primary N) is 1. The SMILES string of the molecule is CC(C)(C)n1nc(Cc2cccc([N+](=O)[O-])c2)c(C#N)c1N. The molecule has 0 spiro atoms. The molecule has 1 aromatic heterocycles. The molecule has 22 heavy (non-hydrogen) atoms. The molecular formula is C15H17N5O2. The van der Waals surface area contributed by atoms with Crippen LogP contribution in [-0.2, 0) is 12.0 Å². The van der Waals surface area contributed by atoms with Gasteiger partial charge in [-0.1, -0.05) is 12.1 Å². The zero-order valence-corrected chi connectivity index (χ0v) is 12.7. The van der Waals surface area contributed by atoms with Crippen LogP contribution in [0.15, 0.2) is 24.3 Å². The third-order valence-electron chi connectivity index (χ3n) is 3.23. The smallest absolute Gasteiger partial charge is 0.269 e. The molecule has 7 nitrogen and oxygen atoms in total. The fourth-order valence-electron chi connectivity index (χ4n) is 2.21. The number of nitrogen functional groups attached to an aromatic ring is 1. The van der Waals surface area contributed by atoms with Crippen molar-refractivity contribution >= 4 is 11.5 Å². The van der Waals surface area contributed by atoms with Crippen LogP contribution in [0.25, 0.3) is 0 Å². The minimum Gasteiger partial charge on any atom is -0.383 e. The zero-order chi connectivity index (χ0) is 16.5. The molecular weight excluding hydrogens is 282 g/mol. The van der Waals surface area contributed by atoms with Gasteiger partial charge in [-0.25, -0.2) is 4.68 Å². The van der Waals surface area contributed by atoms with E-state index in [9.17, 15) is 15.4 Å². The lowest BCUT2D eigenvalue weighted by molar-refractivity contribution is -0.384. The summed E-state index contributed by atoms with van der Waals surface area (Å²) in [5.41, 5.74) is 7.22. The van der Waals surface area contributed by atoms with Crippen LogP contribution in [0.4, 0.5) is 11.5 Å². The third-order valence-corrected chi connectivity index (χ3v) is 3.23. The minimum atomic E-state index is -0.448. The molecule has 2 rings (SSSR count). The van der Waals surface area contributed by atoms with E-state index in [0.717, 1.165) is 0 Å². The molecule has 0 saturated heterocycles. The summed E-state index contributed by atoms with van der Waals surface area (Å²) in [7, 11) is 0. The van der Waals surface area contributed by atoms with Gasteiger partial charge in [0.15, 0.2) is 0 Å². The molecule has 0 aliphatic rings. The fourth-order valence-corrected chi connectivity index (χ4v) is 2.21. The second-order valence-electron chi connectivity index (χ2n) is 6.01. The van der Waals surface area contributed by atoms with Crippen LogP contribution in [0.5, 0.6) is 0 Å². The number of anilines is 1. The topological polar surface area (TPSA) is 111 Å². The molecule has 2 N–H and O–H groups in total. The summed E-state index contributed by atoms with van der Waals surface area (Å²) in [5.74, 6) is 0.315. The molecule has 0 bridgehead atoms. The molecule has 2 aromatic rings. The number of aromatic nitrogens is 2. The number of non-ortho nitro benzene ring substituents is 1. The molecule has 0 fully saturated rings. The largest absolute Gasteiger partial charge is 0.383 e. The lowest BCUT2D eigenvalue weighted by Crippen LogP contribution is -2.25. The number of nitro groups is 1. The molecule has 0 amide bonds. The van der Waals surface area contributed by atoms with Crippen LogP contribution >= 0.6 is 0 Å². The molecule has 0 radical (unpaired) electrons. The highest BCUT2D eigenvalue weighted by molar-refractivity contribution is 5.54. The van der Waals surface area contributed by atoms with Gasteiger partial charge in [0.25, 0.3) is 5.69 Å². The lowest BCUT2D eigenvalue weighted by atomic mass is 10.1. The van der Waals surface area contributed by atoms with E-state index in [-0.39, 0.29) is 11.2 Å². The first-order chi connectivity index (χ1) is 10.2. The second kappa shape index (κ2) is 5.48. The van der Waals surface area contributed by atoms with Crippen molar-refractivity contribution in [2.24, 2.45) is 0 Å². The van der Waals surface area contributed by atoms with Crippen LogP contribution in [0, 0.1) is 21.4 Å². The number of rotatable bonds is 3. The molecule has 0 unspecified atom stereocenters. The van der Waals surface area contributed by atoms with E-state index in [1.54, 1.807) is 16.8 Å². The van der Waals surface area contributed by atoms with E-state index in [2.05, 4.69) is 11.2 Å². The van der Waals surface area contributed by atoms with Crippen molar-refractivity contribution in [2.45, 2.75) is 32.7 Å². The maximum atomic E-state index is 10.8. The number of hydrogen-bond donors (Lipinski definition) is 1. The molecule has 0 atom stereocenters. The van der Waals surface area contributed by atoms with Crippen LogP contribution in [0.1, 0.15) is 37.6 Å². The van der Waals surface area contributed by atoms with Crippen LogP contribution in [-0.4, -0.2) is 14.7 Å². The van der Waals surface area contributed by atoms with Gasteiger partial charge in [0.05, 0.1) is 16.2 Å². The van der Waals surface area contributed by atoms with Crippen molar-refractivity contribution in [3.8, 4) is 6.07 Å². The zero-order valence-electron chi connectivity index (χ0n) is 12.7. The van der Waals surface area contributed by atoms with Gasteiger partial charge >= 0.3 is 0 Å². The summed E-state index contributed by atoms with van der Waals surface area (Å²) in [6.07, 6.45) is 0.317. The van der Waals surface area contributed by atoms with Gasteiger partial charge in [-0.15, -0.1) is 0 Å². The molecule has 7 heteroatoms. The molecule has 0 saturated carbocycles. The Kier molecular flexibility index (Phi) is 3.87. The first-order valence-corrected chi connectivity index (χ1v) is 6.75. The average molecular weight is 299 g/mol. The van der Waals surface area contributed by atoms with Gasteiger partial charge in [0.2, 0.25) is 0 Å². The van der Waals surface area contributed by atoms with E-state index in [0.29, 0.717) is 29.1 Å². The summed E-state index contributed by atoms with van der Waals surface area (Å²) >= 11 is 0. The maximum absolute atomic E-state index is 10.8. The Morgan fingerprint density at radius 1 is 1.45 bits per heavy atom. The van der Waals surface area contributed by atoms with E-state index in [4.69, 9.17) is 5.73 Å². The number of nitriles is 1. The number of nitrogens with zero attached hydrogens (tertiary/aromatic N) is 4. The monoisotopic (exact) mass is 299 g/mol. The Bertz CT molecular complexity index is 765. The Labute approximate surface area is 128 Å². The van der Waals surface area contributed by atoms with Crippen molar-refractivity contribution < 1.29 is 4.92 Å². The first kappa shape index (κ1) is 15.5. The Balaban J connectivity index is 2.44. The molecule has 1 heterocycles. The van der Waals surface area contributed by atoms with E-state index < -0.39 is 4.92 Å².